The van der Waals surface area contributed by atoms with E-state index in [1.165, 1.54) is 0 Å². The summed E-state index contributed by atoms with van der Waals surface area (Å²) in [4.78, 5) is 22.8. The fourth-order valence-corrected chi connectivity index (χ4v) is 3.39. The number of nitrogens with zero attached hydrogens (tertiary/aromatic N) is 6. The predicted octanol–water partition coefficient (Wildman–Crippen LogP) is 1.01. The lowest BCUT2D eigenvalue weighted by Gasteiger charge is -2.21. The van der Waals surface area contributed by atoms with E-state index in [-0.39, 0.29) is 5.91 Å². The van der Waals surface area contributed by atoms with Crippen LogP contribution < -0.4 is 16.1 Å². The third-order valence-electron chi connectivity index (χ3n) is 4.82. The maximum atomic E-state index is 12.2. The number of carbonyl (C=O) groups is 1. The van der Waals surface area contributed by atoms with E-state index in [1.807, 2.05) is 58.6 Å². The number of aliphatic imine (C=N–C) groups is 1. The van der Waals surface area contributed by atoms with Crippen LogP contribution in [0.25, 0.3) is 29.5 Å². The molecule has 0 atom stereocenters. The first-order valence-electron chi connectivity index (χ1n) is 9.25. The van der Waals surface area contributed by atoms with Gasteiger partial charge in [-0.3, -0.25) is 24.9 Å². The highest BCUT2D eigenvalue weighted by Crippen LogP contribution is 2.16. The molecule has 0 saturated carbocycles. The highest BCUT2D eigenvalue weighted by Gasteiger charge is 2.13. The van der Waals surface area contributed by atoms with Crippen LogP contribution >= 0.6 is 0 Å². The van der Waals surface area contributed by atoms with E-state index in [0.29, 0.717) is 12.1 Å². The van der Waals surface area contributed by atoms with Gasteiger partial charge in [-0.05, 0) is 30.3 Å². The molecule has 3 aromatic rings. The van der Waals surface area contributed by atoms with Crippen LogP contribution in [0.3, 0.4) is 0 Å². The third-order valence-corrected chi connectivity index (χ3v) is 4.82. The first-order valence-corrected chi connectivity index (χ1v) is 9.25. The molecule has 5 rings (SSSR count). The lowest BCUT2D eigenvalue weighted by Crippen LogP contribution is -2.28. The number of rotatable bonds is 3. The van der Waals surface area contributed by atoms with Crippen LogP contribution in [0.5, 0.6) is 0 Å². The van der Waals surface area contributed by atoms with Gasteiger partial charge in [0.05, 0.1) is 30.0 Å². The van der Waals surface area contributed by atoms with Crippen molar-refractivity contribution in [2.45, 2.75) is 6.54 Å². The Bertz CT molecular complexity index is 1320. The van der Waals surface area contributed by atoms with Gasteiger partial charge in [0.1, 0.15) is 16.4 Å². The summed E-state index contributed by atoms with van der Waals surface area (Å²) < 4.78 is 1.91. The van der Waals surface area contributed by atoms with Crippen molar-refractivity contribution in [3.05, 3.63) is 58.4 Å². The number of hydrazine groups is 1. The highest BCUT2D eigenvalue weighted by atomic mass is 16.2. The topological polar surface area (TPSA) is 78.7 Å². The molecule has 1 N–H and O–H groups in total. The zero-order valence-corrected chi connectivity index (χ0v) is 16.1. The number of amides is 1. The van der Waals surface area contributed by atoms with E-state index in [1.54, 1.807) is 31.3 Å². The highest BCUT2D eigenvalue weighted by molar-refractivity contribution is 5.94. The van der Waals surface area contributed by atoms with Gasteiger partial charge in [-0.15, -0.1) is 0 Å². The summed E-state index contributed by atoms with van der Waals surface area (Å²) in [6.07, 6.45) is 9.45. The van der Waals surface area contributed by atoms with E-state index < -0.39 is 0 Å². The molecule has 0 bridgehead atoms. The van der Waals surface area contributed by atoms with Crippen molar-refractivity contribution in [3.63, 3.8) is 0 Å². The standard InChI is InChI=1S/C21H19N7O/c1-26(2)21(29)15-4-3-5-16(10-15)24-27-8-6-14-11-17-20(23-18(14)13-27)19-12-22-7-9-28(19)25-17/h3-8,10-13,24H,9H2,1-2H3. The minimum atomic E-state index is -0.0360. The van der Waals surface area contributed by atoms with E-state index in [4.69, 9.17) is 4.98 Å². The van der Waals surface area contributed by atoms with E-state index in [2.05, 4.69) is 15.5 Å². The third kappa shape index (κ3) is 3.04. The molecule has 0 saturated heterocycles. The van der Waals surface area contributed by atoms with Gasteiger partial charge in [0.15, 0.2) is 0 Å². The molecule has 29 heavy (non-hydrogen) atoms. The van der Waals surface area contributed by atoms with E-state index >= 15 is 0 Å². The fraction of sp³-hybridized carbons (Fsp3) is 0.143. The molecule has 144 valence electrons. The van der Waals surface area contributed by atoms with Gasteiger partial charge < -0.3 is 4.90 Å². The van der Waals surface area contributed by atoms with Gasteiger partial charge in [0.2, 0.25) is 0 Å². The second kappa shape index (κ2) is 6.59. The second-order valence-electron chi connectivity index (χ2n) is 7.10. The molecule has 4 heterocycles. The number of anilines is 1. The Morgan fingerprint density at radius 3 is 3.00 bits per heavy atom. The molecule has 2 aromatic heterocycles. The number of hydrogen-bond acceptors (Lipinski definition) is 6. The zero-order chi connectivity index (χ0) is 20.0. The fourth-order valence-electron chi connectivity index (χ4n) is 3.39. The van der Waals surface area contributed by atoms with Crippen molar-refractivity contribution >= 4 is 47.3 Å². The van der Waals surface area contributed by atoms with Gasteiger partial charge in [0.25, 0.3) is 5.91 Å². The summed E-state index contributed by atoms with van der Waals surface area (Å²) in [5.41, 5.74) is 7.43. The van der Waals surface area contributed by atoms with Crippen LogP contribution in [-0.2, 0) is 6.54 Å². The average Bonchev–Trinajstić information content (AvgIpc) is 3.09. The van der Waals surface area contributed by atoms with Crippen molar-refractivity contribution in [1.82, 2.24) is 24.7 Å². The molecule has 2 aliphatic heterocycles. The van der Waals surface area contributed by atoms with Crippen molar-refractivity contribution in [2.24, 2.45) is 4.99 Å². The quantitative estimate of drug-likeness (QED) is 0.728. The average molecular weight is 385 g/mol. The van der Waals surface area contributed by atoms with Crippen molar-refractivity contribution in [2.75, 3.05) is 19.5 Å². The van der Waals surface area contributed by atoms with Gasteiger partial charge in [-0.25, -0.2) is 4.98 Å². The summed E-state index contributed by atoms with van der Waals surface area (Å²) in [6.45, 7) is 0.655. The molecule has 1 amide bonds. The number of pyridine rings is 1. The van der Waals surface area contributed by atoms with Crippen molar-refractivity contribution < 1.29 is 4.79 Å². The molecule has 0 fully saturated rings. The molecular formula is C21H19N7O. The number of aromatic nitrogens is 3. The van der Waals surface area contributed by atoms with Crippen molar-refractivity contribution in [1.29, 1.82) is 0 Å². The van der Waals surface area contributed by atoms with E-state index in [9.17, 15) is 4.79 Å². The lowest BCUT2D eigenvalue weighted by molar-refractivity contribution is 0.0827. The Morgan fingerprint density at radius 1 is 1.24 bits per heavy atom. The van der Waals surface area contributed by atoms with Gasteiger partial charge in [-0.2, -0.15) is 5.10 Å². The molecule has 0 unspecified atom stereocenters. The maximum Gasteiger partial charge on any atom is 0.253 e. The molecule has 0 spiro atoms. The van der Waals surface area contributed by atoms with Crippen LogP contribution in [-0.4, -0.2) is 50.9 Å². The molecule has 0 radical (unpaired) electrons. The molecular weight excluding hydrogens is 366 g/mol. The predicted molar refractivity (Wildman–Crippen MR) is 113 cm³/mol. The van der Waals surface area contributed by atoms with Crippen LogP contribution in [0, 0.1) is 0 Å². The first-order chi connectivity index (χ1) is 14.1. The number of benzene rings is 1. The molecule has 0 aliphatic carbocycles. The molecule has 1 aromatic carbocycles. The molecule has 2 aliphatic rings. The SMILES string of the molecule is CN(C)C(=O)c1cccc(NN2C=Cc3cc4nn5c(c4nc3=C2)=CN=CC5)c1. The normalized spacial score (nSPS) is 14.1. The summed E-state index contributed by atoms with van der Waals surface area (Å²) in [7, 11) is 3.48. The first kappa shape index (κ1) is 17.2. The van der Waals surface area contributed by atoms with Crippen LogP contribution in [0.4, 0.5) is 5.69 Å². The summed E-state index contributed by atoms with van der Waals surface area (Å²) in [5, 5.41) is 8.20. The van der Waals surface area contributed by atoms with E-state index in [0.717, 1.165) is 33.0 Å². The van der Waals surface area contributed by atoms with Crippen LogP contribution in [0.15, 0.2) is 41.5 Å². The monoisotopic (exact) mass is 385 g/mol. The Morgan fingerprint density at radius 2 is 2.14 bits per heavy atom. The van der Waals surface area contributed by atoms with Crippen LogP contribution in [0.1, 0.15) is 15.9 Å². The number of nitrogens with one attached hydrogen (secondary N) is 1. The Balaban J connectivity index is 1.49. The summed E-state index contributed by atoms with van der Waals surface area (Å²) in [6, 6.07) is 9.45. The summed E-state index contributed by atoms with van der Waals surface area (Å²) >= 11 is 0. The largest absolute Gasteiger partial charge is 0.345 e. The number of hydrogen-bond donors (Lipinski definition) is 1. The Labute approximate surface area is 166 Å². The Kier molecular flexibility index (Phi) is 3.90. The molecule has 8 heteroatoms. The molecule has 8 nitrogen and oxygen atoms in total. The number of fused-ring (bicyclic) bond motifs is 4. The number of carbonyl (C=O) groups excluding carboxylic acids is 1. The minimum absolute atomic E-state index is 0.0360. The Hall–Kier alpha value is -3.94. The smallest absolute Gasteiger partial charge is 0.253 e. The maximum absolute atomic E-state index is 12.2. The zero-order valence-electron chi connectivity index (χ0n) is 16.1. The second-order valence-corrected chi connectivity index (χ2v) is 7.10. The van der Waals surface area contributed by atoms with Gasteiger partial charge in [0, 0.05) is 37.6 Å². The van der Waals surface area contributed by atoms with Crippen molar-refractivity contribution in [3.8, 4) is 0 Å². The lowest BCUT2D eigenvalue weighted by atomic mass is 10.2. The van der Waals surface area contributed by atoms with Gasteiger partial charge in [-0.1, -0.05) is 6.07 Å². The summed E-state index contributed by atoms with van der Waals surface area (Å²) in [5.74, 6) is -0.0360. The van der Waals surface area contributed by atoms with Crippen LogP contribution in [0.2, 0.25) is 0 Å². The van der Waals surface area contributed by atoms with Gasteiger partial charge >= 0.3 is 0 Å². The minimum Gasteiger partial charge on any atom is -0.345 e.